The van der Waals surface area contributed by atoms with E-state index >= 15 is 0 Å². The highest BCUT2D eigenvalue weighted by atomic mass is 19.1. The summed E-state index contributed by atoms with van der Waals surface area (Å²) in [6.07, 6.45) is 3.93. The van der Waals surface area contributed by atoms with E-state index in [1.54, 1.807) is 6.07 Å². The monoisotopic (exact) mass is 267 g/mol. The van der Waals surface area contributed by atoms with E-state index in [1.807, 2.05) is 30.3 Å². The van der Waals surface area contributed by atoms with E-state index in [9.17, 15) is 9.18 Å². The third-order valence-electron chi connectivity index (χ3n) is 2.89. The summed E-state index contributed by atoms with van der Waals surface area (Å²) in [7, 11) is 0. The van der Waals surface area contributed by atoms with Gasteiger partial charge in [0, 0.05) is 6.20 Å². The number of hydrogen-bond acceptors (Lipinski definition) is 3. The first-order valence-corrected chi connectivity index (χ1v) is 6.01. The Bertz CT molecular complexity index is 753. The van der Waals surface area contributed by atoms with E-state index in [4.69, 9.17) is 0 Å². The summed E-state index contributed by atoms with van der Waals surface area (Å²) in [6, 6.07) is 12.1. The largest absolute Gasteiger partial charge is 0.287 e. The summed E-state index contributed by atoms with van der Waals surface area (Å²) in [5.41, 5.74) is 1.04. The molecule has 0 saturated heterocycles. The molecule has 0 N–H and O–H groups in total. The Morgan fingerprint density at radius 2 is 1.85 bits per heavy atom. The van der Waals surface area contributed by atoms with Crippen LogP contribution in [0.4, 0.5) is 4.39 Å². The van der Waals surface area contributed by atoms with Crippen LogP contribution in [-0.4, -0.2) is 20.5 Å². The first-order valence-electron chi connectivity index (χ1n) is 6.01. The number of halogens is 1. The van der Waals surface area contributed by atoms with Crippen LogP contribution < -0.4 is 0 Å². The zero-order valence-electron chi connectivity index (χ0n) is 10.4. The van der Waals surface area contributed by atoms with Crippen molar-refractivity contribution in [3.63, 3.8) is 0 Å². The maximum atomic E-state index is 13.7. The fourth-order valence-electron chi connectivity index (χ4n) is 1.95. The highest BCUT2D eigenvalue weighted by Crippen LogP contribution is 2.15. The van der Waals surface area contributed by atoms with Crippen molar-refractivity contribution in [2.45, 2.75) is 0 Å². The second-order valence-electron chi connectivity index (χ2n) is 4.15. The Labute approximate surface area is 114 Å². The maximum Gasteiger partial charge on any atom is 0.214 e. The normalized spacial score (nSPS) is 10.4. The van der Waals surface area contributed by atoms with Gasteiger partial charge in [0.15, 0.2) is 5.82 Å². The molecule has 0 fully saturated rings. The third-order valence-corrected chi connectivity index (χ3v) is 2.89. The van der Waals surface area contributed by atoms with Crippen molar-refractivity contribution in [1.29, 1.82) is 0 Å². The average molecular weight is 267 g/mol. The highest BCUT2D eigenvalue weighted by Gasteiger charge is 2.18. The van der Waals surface area contributed by atoms with Crippen molar-refractivity contribution in [3.05, 3.63) is 78.1 Å². The van der Waals surface area contributed by atoms with E-state index in [1.165, 1.54) is 23.1 Å². The molecule has 0 aliphatic rings. The quantitative estimate of drug-likeness (QED) is 0.685. The summed E-state index contributed by atoms with van der Waals surface area (Å²) >= 11 is 0. The molecule has 0 bridgehead atoms. The van der Waals surface area contributed by atoms with Gasteiger partial charge in [0.2, 0.25) is 5.78 Å². The molecule has 0 aliphatic heterocycles. The first-order chi connectivity index (χ1) is 9.77. The Balaban J connectivity index is 2.07. The number of carbonyl (C=O) groups is 1. The van der Waals surface area contributed by atoms with Crippen molar-refractivity contribution in [1.82, 2.24) is 14.8 Å². The molecule has 4 nitrogen and oxygen atoms in total. The summed E-state index contributed by atoms with van der Waals surface area (Å²) < 4.78 is 15.1. The zero-order valence-corrected chi connectivity index (χ0v) is 10.4. The molecule has 20 heavy (non-hydrogen) atoms. The number of hydrogen-bond donors (Lipinski definition) is 0. The molecule has 0 amide bonds. The standard InChI is InChI=1S/C15H10FN3O/c16-13-10-17-8-6-12(13)15(20)14-7-9-18-19(14)11-4-2-1-3-5-11/h1-10H. The average Bonchev–Trinajstić information content (AvgIpc) is 2.97. The lowest BCUT2D eigenvalue weighted by Gasteiger charge is -2.07. The number of aromatic nitrogens is 3. The topological polar surface area (TPSA) is 47.8 Å². The summed E-state index contributed by atoms with van der Waals surface area (Å²) in [5, 5.41) is 4.12. The van der Waals surface area contributed by atoms with Gasteiger partial charge in [-0.1, -0.05) is 18.2 Å². The Morgan fingerprint density at radius 3 is 2.60 bits per heavy atom. The predicted molar refractivity (Wildman–Crippen MR) is 71.2 cm³/mol. The van der Waals surface area contributed by atoms with E-state index in [2.05, 4.69) is 10.1 Å². The van der Waals surface area contributed by atoms with Gasteiger partial charge >= 0.3 is 0 Å². The van der Waals surface area contributed by atoms with Crippen molar-refractivity contribution in [2.75, 3.05) is 0 Å². The highest BCUT2D eigenvalue weighted by molar-refractivity contribution is 6.08. The van der Waals surface area contributed by atoms with Crippen molar-refractivity contribution in [2.24, 2.45) is 0 Å². The molecular formula is C15H10FN3O. The van der Waals surface area contributed by atoms with Crippen LogP contribution in [0.5, 0.6) is 0 Å². The molecule has 0 saturated carbocycles. The minimum absolute atomic E-state index is 0.0160. The Hall–Kier alpha value is -2.82. The van der Waals surface area contributed by atoms with Crippen LogP contribution in [0.1, 0.15) is 16.1 Å². The molecule has 3 rings (SSSR count). The van der Waals surface area contributed by atoms with Crippen LogP contribution in [0.3, 0.4) is 0 Å². The number of ketones is 1. The lowest BCUT2D eigenvalue weighted by atomic mass is 10.1. The fraction of sp³-hybridized carbons (Fsp3) is 0. The van der Waals surface area contributed by atoms with Crippen LogP contribution in [0.25, 0.3) is 5.69 Å². The van der Waals surface area contributed by atoms with E-state index in [0.717, 1.165) is 11.9 Å². The molecule has 0 aliphatic carbocycles. The van der Waals surface area contributed by atoms with Crippen LogP contribution in [-0.2, 0) is 0 Å². The van der Waals surface area contributed by atoms with Gasteiger partial charge < -0.3 is 0 Å². The molecule has 1 aromatic carbocycles. The van der Waals surface area contributed by atoms with Gasteiger partial charge in [0.05, 0.1) is 23.6 Å². The molecule has 0 radical (unpaired) electrons. The number of pyridine rings is 1. The van der Waals surface area contributed by atoms with Crippen molar-refractivity contribution in [3.8, 4) is 5.69 Å². The zero-order chi connectivity index (χ0) is 13.9. The molecule has 2 heterocycles. The second-order valence-corrected chi connectivity index (χ2v) is 4.15. The van der Waals surface area contributed by atoms with Gasteiger partial charge in [-0.2, -0.15) is 5.10 Å². The van der Waals surface area contributed by atoms with Gasteiger partial charge in [-0.15, -0.1) is 0 Å². The van der Waals surface area contributed by atoms with Gasteiger partial charge in [-0.25, -0.2) is 9.07 Å². The third kappa shape index (κ3) is 2.09. The molecule has 2 aromatic heterocycles. The number of benzene rings is 1. The first kappa shape index (κ1) is 12.2. The Morgan fingerprint density at radius 1 is 1.05 bits per heavy atom. The molecule has 3 aromatic rings. The van der Waals surface area contributed by atoms with Gasteiger partial charge in [-0.3, -0.25) is 9.78 Å². The van der Waals surface area contributed by atoms with Crippen molar-refractivity contribution >= 4 is 5.78 Å². The van der Waals surface area contributed by atoms with Gasteiger partial charge in [0.1, 0.15) is 5.69 Å². The molecule has 98 valence electrons. The number of para-hydroxylation sites is 1. The SMILES string of the molecule is O=C(c1ccncc1F)c1ccnn1-c1ccccc1. The second kappa shape index (κ2) is 5.05. The number of carbonyl (C=O) groups excluding carboxylic acids is 1. The van der Waals surface area contributed by atoms with Gasteiger partial charge in [0.25, 0.3) is 0 Å². The minimum Gasteiger partial charge on any atom is -0.287 e. The lowest BCUT2D eigenvalue weighted by Crippen LogP contribution is -2.11. The van der Waals surface area contributed by atoms with Crippen LogP contribution in [0, 0.1) is 5.82 Å². The number of rotatable bonds is 3. The predicted octanol–water partition coefficient (Wildman–Crippen LogP) is 2.64. The summed E-state index contributed by atoms with van der Waals surface area (Å²) in [4.78, 5) is 16.0. The van der Waals surface area contributed by atoms with E-state index in [0.29, 0.717) is 5.69 Å². The number of nitrogens with zero attached hydrogens (tertiary/aromatic N) is 3. The van der Waals surface area contributed by atoms with Crippen LogP contribution >= 0.6 is 0 Å². The van der Waals surface area contributed by atoms with E-state index in [-0.39, 0.29) is 5.56 Å². The summed E-state index contributed by atoms with van der Waals surface area (Å²) in [5.74, 6) is -1.07. The van der Waals surface area contributed by atoms with Crippen LogP contribution in [0.2, 0.25) is 0 Å². The van der Waals surface area contributed by atoms with Crippen molar-refractivity contribution < 1.29 is 9.18 Å². The maximum absolute atomic E-state index is 13.7. The Kier molecular flexibility index (Phi) is 3.09. The van der Waals surface area contributed by atoms with E-state index < -0.39 is 11.6 Å². The molecule has 0 spiro atoms. The fourth-order valence-corrected chi connectivity index (χ4v) is 1.95. The molecule has 0 unspecified atom stereocenters. The van der Waals surface area contributed by atoms with Gasteiger partial charge in [-0.05, 0) is 24.3 Å². The molecular weight excluding hydrogens is 257 g/mol. The summed E-state index contributed by atoms with van der Waals surface area (Å²) in [6.45, 7) is 0. The van der Waals surface area contributed by atoms with Crippen LogP contribution in [0.15, 0.2) is 61.1 Å². The molecule has 0 atom stereocenters. The smallest absolute Gasteiger partial charge is 0.214 e. The lowest BCUT2D eigenvalue weighted by molar-refractivity contribution is 0.102. The molecule has 5 heteroatoms. The minimum atomic E-state index is -0.640.